The molecule has 0 saturated carbocycles. The number of primary sulfonamides is 1. The Kier molecular flexibility index (Phi) is 6.31. The first kappa shape index (κ1) is 19.4. The van der Waals surface area contributed by atoms with E-state index in [2.05, 4.69) is 10.6 Å². The van der Waals surface area contributed by atoms with Crippen molar-refractivity contribution in [3.05, 3.63) is 59.7 Å². The van der Waals surface area contributed by atoms with Crippen LogP contribution in [0.5, 0.6) is 5.75 Å². The van der Waals surface area contributed by atoms with Gasteiger partial charge in [-0.3, -0.25) is 9.59 Å². The highest BCUT2D eigenvalue weighted by atomic mass is 32.2. The molecule has 0 aromatic heterocycles. The average molecular weight is 377 g/mol. The molecule has 0 aliphatic heterocycles. The molecule has 2 aromatic carbocycles. The van der Waals surface area contributed by atoms with Crippen LogP contribution in [-0.2, 0) is 21.4 Å². The van der Waals surface area contributed by atoms with Gasteiger partial charge in [0.2, 0.25) is 15.9 Å². The number of hydrogen-bond donors (Lipinski definition) is 3. The summed E-state index contributed by atoms with van der Waals surface area (Å²) in [6.07, 6.45) is 0. The summed E-state index contributed by atoms with van der Waals surface area (Å²) in [6, 6.07) is 12.4. The van der Waals surface area contributed by atoms with E-state index in [-0.39, 0.29) is 23.9 Å². The number of hydrogen-bond acceptors (Lipinski definition) is 5. The van der Waals surface area contributed by atoms with E-state index >= 15 is 0 Å². The van der Waals surface area contributed by atoms with E-state index in [4.69, 9.17) is 9.88 Å². The third-order valence-electron chi connectivity index (χ3n) is 3.48. The van der Waals surface area contributed by atoms with Crippen molar-refractivity contribution < 1.29 is 22.7 Å². The molecule has 2 rings (SSSR count). The Bertz CT molecular complexity index is 895. The minimum Gasteiger partial charge on any atom is -0.497 e. The maximum atomic E-state index is 12.0. The minimum atomic E-state index is -3.80. The molecule has 0 aliphatic rings. The maximum Gasteiger partial charge on any atom is 0.251 e. The van der Waals surface area contributed by atoms with Gasteiger partial charge in [0.15, 0.2) is 0 Å². The van der Waals surface area contributed by atoms with Crippen LogP contribution in [0.2, 0.25) is 0 Å². The number of amides is 2. The molecule has 2 aromatic rings. The zero-order valence-corrected chi connectivity index (χ0v) is 14.9. The van der Waals surface area contributed by atoms with Crippen LogP contribution in [0, 0.1) is 0 Å². The fourth-order valence-electron chi connectivity index (χ4n) is 2.10. The quantitative estimate of drug-likeness (QED) is 0.643. The first-order valence-corrected chi connectivity index (χ1v) is 9.15. The van der Waals surface area contributed by atoms with Crippen molar-refractivity contribution >= 4 is 21.8 Å². The molecule has 138 valence electrons. The van der Waals surface area contributed by atoms with Crippen LogP contribution in [0.1, 0.15) is 15.9 Å². The number of rotatable bonds is 7. The Morgan fingerprint density at radius 3 is 2.38 bits per heavy atom. The normalized spacial score (nSPS) is 10.8. The Labute approximate surface area is 151 Å². The fourth-order valence-corrected chi connectivity index (χ4v) is 2.68. The Hall–Kier alpha value is -2.91. The highest BCUT2D eigenvalue weighted by Crippen LogP contribution is 2.11. The molecule has 0 heterocycles. The van der Waals surface area contributed by atoms with Crippen LogP contribution < -0.4 is 20.5 Å². The lowest BCUT2D eigenvalue weighted by Gasteiger charge is -2.08. The Morgan fingerprint density at radius 1 is 1.08 bits per heavy atom. The van der Waals surface area contributed by atoms with Crippen molar-refractivity contribution in [3.63, 3.8) is 0 Å². The fraction of sp³-hybridized carbons (Fsp3) is 0.176. The maximum absolute atomic E-state index is 12.0. The van der Waals surface area contributed by atoms with Crippen molar-refractivity contribution in [2.45, 2.75) is 11.4 Å². The predicted octanol–water partition coefficient (Wildman–Crippen LogP) is 0.389. The van der Waals surface area contributed by atoms with Gasteiger partial charge in [-0.15, -0.1) is 0 Å². The summed E-state index contributed by atoms with van der Waals surface area (Å²) in [5.74, 6) is -0.173. The van der Waals surface area contributed by atoms with Gasteiger partial charge < -0.3 is 15.4 Å². The van der Waals surface area contributed by atoms with Crippen molar-refractivity contribution in [2.24, 2.45) is 5.14 Å². The topological polar surface area (TPSA) is 128 Å². The van der Waals surface area contributed by atoms with Crippen LogP contribution in [0.3, 0.4) is 0 Å². The van der Waals surface area contributed by atoms with Gasteiger partial charge in [0.25, 0.3) is 5.91 Å². The number of carbonyl (C=O) groups is 2. The lowest BCUT2D eigenvalue weighted by Crippen LogP contribution is -2.36. The van der Waals surface area contributed by atoms with E-state index in [0.717, 1.165) is 0 Å². The second kappa shape index (κ2) is 8.45. The van der Waals surface area contributed by atoms with Crippen molar-refractivity contribution in [2.75, 3.05) is 13.7 Å². The van der Waals surface area contributed by atoms with Gasteiger partial charge in [0.05, 0.1) is 18.6 Å². The van der Waals surface area contributed by atoms with Gasteiger partial charge >= 0.3 is 0 Å². The van der Waals surface area contributed by atoms with Gasteiger partial charge in [0.1, 0.15) is 5.75 Å². The Balaban J connectivity index is 1.84. The van der Waals surface area contributed by atoms with Crippen LogP contribution in [-0.4, -0.2) is 33.9 Å². The third kappa shape index (κ3) is 5.57. The van der Waals surface area contributed by atoms with Crippen LogP contribution in [0.4, 0.5) is 0 Å². The van der Waals surface area contributed by atoms with Gasteiger partial charge in [-0.1, -0.05) is 12.1 Å². The highest BCUT2D eigenvalue weighted by Gasteiger charge is 2.10. The molecule has 0 saturated heterocycles. The van der Waals surface area contributed by atoms with Crippen molar-refractivity contribution in [1.29, 1.82) is 0 Å². The van der Waals surface area contributed by atoms with E-state index in [0.29, 0.717) is 16.9 Å². The number of ether oxygens (including phenoxy) is 1. The molecule has 26 heavy (non-hydrogen) atoms. The molecule has 0 spiro atoms. The number of sulfonamides is 1. The lowest BCUT2D eigenvalue weighted by atomic mass is 10.2. The van der Waals surface area contributed by atoms with Gasteiger partial charge in [0, 0.05) is 12.1 Å². The zero-order chi connectivity index (χ0) is 19.2. The smallest absolute Gasteiger partial charge is 0.251 e. The van der Waals surface area contributed by atoms with Gasteiger partial charge in [-0.05, 0) is 42.0 Å². The summed E-state index contributed by atoms with van der Waals surface area (Å²) >= 11 is 0. The molecular formula is C17H19N3O5S. The third-order valence-corrected chi connectivity index (χ3v) is 4.39. The van der Waals surface area contributed by atoms with Crippen molar-refractivity contribution in [1.82, 2.24) is 10.6 Å². The zero-order valence-electron chi connectivity index (χ0n) is 14.1. The minimum absolute atomic E-state index is 0.0305. The van der Waals surface area contributed by atoms with Crippen LogP contribution in [0.15, 0.2) is 53.4 Å². The molecule has 0 unspecified atom stereocenters. The molecule has 2 amide bonds. The molecular weight excluding hydrogens is 358 g/mol. The van der Waals surface area contributed by atoms with Gasteiger partial charge in [-0.25, -0.2) is 13.6 Å². The largest absolute Gasteiger partial charge is 0.497 e. The summed E-state index contributed by atoms with van der Waals surface area (Å²) in [7, 11) is -2.27. The SMILES string of the molecule is COc1ccc(C(=O)NCC(=O)NCc2cccc(S(N)(=O)=O)c2)cc1. The van der Waals surface area contributed by atoms with E-state index in [9.17, 15) is 18.0 Å². The predicted molar refractivity (Wildman–Crippen MR) is 95.0 cm³/mol. The summed E-state index contributed by atoms with van der Waals surface area (Å²) in [6.45, 7) is -0.0969. The molecule has 4 N–H and O–H groups in total. The average Bonchev–Trinajstić information content (AvgIpc) is 2.64. The van der Waals surface area contributed by atoms with Crippen LogP contribution in [0.25, 0.3) is 0 Å². The first-order chi connectivity index (χ1) is 12.3. The van der Waals surface area contributed by atoms with Gasteiger partial charge in [-0.2, -0.15) is 0 Å². The van der Waals surface area contributed by atoms with E-state index in [1.165, 1.54) is 25.3 Å². The number of methoxy groups -OCH3 is 1. The summed E-state index contributed by atoms with van der Waals surface area (Å²) in [5.41, 5.74) is 0.978. The molecule has 0 aliphatic carbocycles. The summed E-state index contributed by atoms with van der Waals surface area (Å²) < 4.78 is 27.6. The number of nitrogens with one attached hydrogen (secondary N) is 2. The standard InChI is InChI=1S/C17H19N3O5S/c1-25-14-7-5-13(6-8-14)17(22)20-11-16(21)19-10-12-3-2-4-15(9-12)26(18,23)24/h2-9H,10-11H2,1H3,(H,19,21)(H,20,22)(H2,18,23,24). The van der Waals surface area contributed by atoms with E-state index in [1.807, 2.05) is 0 Å². The van der Waals surface area contributed by atoms with Crippen LogP contribution >= 0.6 is 0 Å². The lowest BCUT2D eigenvalue weighted by molar-refractivity contribution is -0.120. The molecule has 0 bridgehead atoms. The Morgan fingerprint density at radius 2 is 1.77 bits per heavy atom. The first-order valence-electron chi connectivity index (χ1n) is 7.60. The molecule has 9 heteroatoms. The van der Waals surface area contributed by atoms with Crippen molar-refractivity contribution in [3.8, 4) is 5.75 Å². The second-order valence-corrected chi connectivity index (χ2v) is 6.94. The van der Waals surface area contributed by atoms with E-state index in [1.54, 1.807) is 30.3 Å². The molecule has 0 atom stereocenters. The number of carbonyl (C=O) groups excluding carboxylic acids is 2. The summed E-state index contributed by atoms with van der Waals surface area (Å²) in [4.78, 5) is 23.8. The second-order valence-electron chi connectivity index (χ2n) is 5.38. The highest BCUT2D eigenvalue weighted by molar-refractivity contribution is 7.89. The number of benzene rings is 2. The molecule has 8 nitrogen and oxygen atoms in total. The molecule has 0 fully saturated rings. The summed E-state index contributed by atoms with van der Waals surface area (Å²) in [5, 5.41) is 10.2. The monoisotopic (exact) mass is 377 g/mol. The van der Waals surface area contributed by atoms with E-state index < -0.39 is 15.9 Å². The molecule has 0 radical (unpaired) electrons. The number of nitrogens with two attached hydrogens (primary N) is 1.